The van der Waals surface area contributed by atoms with Gasteiger partial charge in [-0.05, 0) is 18.2 Å². The van der Waals surface area contributed by atoms with Crippen LogP contribution in [0.2, 0.25) is 0 Å². The van der Waals surface area contributed by atoms with E-state index < -0.39 is 0 Å². The molecule has 0 saturated carbocycles. The predicted octanol–water partition coefficient (Wildman–Crippen LogP) is 0.752. The van der Waals surface area contributed by atoms with Crippen LogP contribution in [-0.4, -0.2) is 16.1 Å². The number of hydrogen-bond donors (Lipinski definition) is 0. The van der Waals surface area contributed by atoms with Gasteiger partial charge >= 0.3 is 0 Å². The fourth-order valence-corrected chi connectivity index (χ4v) is 1.29. The zero-order valence-electron chi connectivity index (χ0n) is 6.52. The molecule has 0 bridgehead atoms. The van der Waals surface area contributed by atoms with Gasteiger partial charge in [-0.15, -0.1) is 0 Å². The van der Waals surface area contributed by atoms with Gasteiger partial charge in [0.05, 0.1) is 5.56 Å². The molecule has 13 heavy (non-hydrogen) atoms. The molecule has 1 aliphatic rings. The maximum atomic E-state index is 11.3. The summed E-state index contributed by atoms with van der Waals surface area (Å²) in [5.74, 6) is -0.537. The Morgan fingerprint density at radius 2 is 1.92 bits per heavy atom. The summed E-state index contributed by atoms with van der Waals surface area (Å²) in [7, 11) is 0. The van der Waals surface area contributed by atoms with Gasteiger partial charge in [0.2, 0.25) is 5.78 Å². The minimum absolute atomic E-state index is 0.162. The van der Waals surface area contributed by atoms with Gasteiger partial charge in [-0.25, -0.2) is 0 Å². The van der Waals surface area contributed by atoms with Crippen molar-refractivity contribution < 1.29 is 9.59 Å². The lowest BCUT2D eigenvalue weighted by Crippen LogP contribution is -2.13. The lowest BCUT2D eigenvalue weighted by atomic mass is 10.0. The highest BCUT2D eigenvalue weighted by molar-refractivity contribution is 6.21. The largest absolute Gasteiger partial charge is 0.289 e. The van der Waals surface area contributed by atoms with E-state index >= 15 is 0 Å². The van der Waals surface area contributed by atoms with Crippen LogP contribution in [-0.2, 0) is 0 Å². The number of allylic oxidation sites excluding steroid dienone is 2. The fourth-order valence-electron chi connectivity index (χ4n) is 1.29. The number of hydrogen-bond acceptors (Lipinski definition) is 3. The first kappa shape index (κ1) is 7.50. The Kier molecular flexibility index (Phi) is 1.40. The van der Waals surface area contributed by atoms with Crippen molar-refractivity contribution in [1.82, 2.24) is 4.57 Å². The quantitative estimate of drug-likeness (QED) is 0.580. The molecule has 62 valence electrons. The highest BCUT2D eigenvalue weighted by atomic mass is 16.1. The molecule has 1 aromatic heterocycles. The van der Waals surface area contributed by atoms with Gasteiger partial charge in [-0.3, -0.25) is 14.2 Å². The molecule has 1 aromatic rings. The summed E-state index contributed by atoms with van der Waals surface area (Å²) in [6.45, 7) is 0. The van der Waals surface area contributed by atoms with Crippen molar-refractivity contribution in [3.8, 4) is 6.19 Å². The number of aromatic nitrogens is 1. The summed E-state index contributed by atoms with van der Waals surface area (Å²) in [4.78, 5) is 22.5. The molecule has 0 amide bonds. The Bertz CT molecular complexity index is 474. The Morgan fingerprint density at radius 3 is 2.62 bits per heavy atom. The van der Waals surface area contributed by atoms with Crippen LogP contribution >= 0.6 is 0 Å². The second-order valence-electron chi connectivity index (χ2n) is 2.61. The number of ketones is 2. The summed E-state index contributed by atoms with van der Waals surface area (Å²) in [6.07, 6.45) is 5.60. The highest BCUT2D eigenvalue weighted by Crippen LogP contribution is 2.17. The van der Waals surface area contributed by atoms with E-state index in [1.807, 2.05) is 0 Å². The topological polar surface area (TPSA) is 62.9 Å². The van der Waals surface area contributed by atoms with Crippen LogP contribution in [0, 0.1) is 11.5 Å². The van der Waals surface area contributed by atoms with E-state index in [0.717, 1.165) is 4.57 Å². The first-order valence-electron chi connectivity index (χ1n) is 3.62. The number of carbonyl (C=O) groups is 2. The Hall–Kier alpha value is -2.15. The summed E-state index contributed by atoms with van der Waals surface area (Å²) >= 11 is 0. The molecule has 0 aliphatic heterocycles. The van der Waals surface area contributed by atoms with E-state index in [-0.39, 0.29) is 17.3 Å². The van der Waals surface area contributed by atoms with E-state index in [1.165, 1.54) is 24.4 Å². The molecule has 2 rings (SSSR count). The van der Waals surface area contributed by atoms with Gasteiger partial charge in [-0.2, -0.15) is 5.26 Å². The maximum Gasteiger partial charge on any atom is 0.204 e. The Labute approximate surface area is 73.7 Å². The van der Waals surface area contributed by atoms with Gasteiger partial charge in [-0.1, -0.05) is 0 Å². The number of nitriles is 1. The van der Waals surface area contributed by atoms with E-state index in [9.17, 15) is 9.59 Å². The van der Waals surface area contributed by atoms with Crippen molar-refractivity contribution in [1.29, 1.82) is 5.26 Å². The van der Waals surface area contributed by atoms with Crippen molar-refractivity contribution in [3.05, 3.63) is 35.7 Å². The van der Waals surface area contributed by atoms with Gasteiger partial charge < -0.3 is 0 Å². The van der Waals surface area contributed by atoms with Gasteiger partial charge in [0.15, 0.2) is 12.0 Å². The van der Waals surface area contributed by atoms with Crippen LogP contribution in [0.5, 0.6) is 0 Å². The molecule has 0 N–H and O–H groups in total. The lowest BCUT2D eigenvalue weighted by molar-refractivity contribution is 0.0990. The average Bonchev–Trinajstić information content (AvgIpc) is 2.56. The number of carbonyl (C=O) groups excluding carboxylic acids is 2. The second-order valence-corrected chi connectivity index (χ2v) is 2.61. The first-order chi connectivity index (χ1) is 6.24. The molecule has 4 nitrogen and oxygen atoms in total. The fraction of sp³-hybridized carbons (Fsp3) is 0. The first-order valence-corrected chi connectivity index (χ1v) is 3.62. The number of nitrogens with zero attached hydrogens (tertiary/aromatic N) is 2. The van der Waals surface area contributed by atoms with Crippen molar-refractivity contribution in [2.24, 2.45) is 0 Å². The van der Waals surface area contributed by atoms with Crippen LogP contribution < -0.4 is 0 Å². The van der Waals surface area contributed by atoms with Crippen LogP contribution in [0.1, 0.15) is 20.8 Å². The molecule has 0 saturated heterocycles. The van der Waals surface area contributed by atoms with Crippen LogP contribution in [0.15, 0.2) is 24.4 Å². The third-order valence-electron chi connectivity index (χ3n) is 1.88. The van der Waals surface area contributed by atoms with Crippen LogP contribution in [0.3, 0.4) is 0 Å². The molecule has 1 heterocycles. The predicted molar refractivity (Wildman–Crippen MR) is 43.2 cm³/mol. The molecule has 0 radical (unpaired) electrons. The zero-order valence-corrected chi connectivity index (χ0v) is 6.52. The third kappa shape index (κ3) is 0.908. The minimum Gasteiger partial charge on any atom is -0.289 e. The molecule has 0 unspecified atom stereocenters. The Balaban J connectivity index is 2.74. The summed E-state index contributed by atoms with van der Waals surface area (Å²) in [6, 6.07) is 1.47. The van der Waals surface area contributed by atoms with E-state index in [4.69, 9.17) is 5.26 Å². The lowest BCUT2D eigenvalue weighted by Gasteiger charge is -2.03. The van der Waals surface area contributed by atoms with Crippen LogP contribution in [0.4, 0.5) is 0 Å². The maximum absolute atomic E-state index is 11.3. The normalized spacial score (nSPS) is 14.1. The summed E-state index contributed by atoms with van der Waals surface area (Å²) in [5, 5.41) is 8.61. The van der Waals surface area contributed by atoms with Crippen molar-refractivity contribution in [2.45, 2.75) is 0 Å². The van der Waals surface area contributed by atoms with Gasteiger partial charge in [0.25, 0.3) is 0 Å². The zero-order chi connectivity index (χ0) is 9.42. The summed E-state index contributed by atoms with van der Waals surface area (Å²) < 4.78 is 1.10. The number of fused-ring (bicyclic) bond motifs is 1. The standard InChI is InChI=1S/C9H4N2O2/c10-5-11-4-3-6-7(12)1-2-8(13)9(6)11/h1-4H. The second kappa shape index (κ2) is 2.42. The molecular weight excluding hydrogens is 168 g/mol. The van der Waals surface area contributed by atoms with E-state index in [0.29, 0.717) is 5.56 Å². The molecule has 1 aliphatic carbocycles. The monoisotopic (exact) mass is 172 g/mol. The van der Waals surface area contributed by atoms with Gasteiger partial charge in [0.1, 0.15) is 5.69 Å². The van der Waals surface area contributed by atoms with Crippen molar-refractivity contribution in [3.63, 3.8) is 0 Å². The SMILES string of the molecule is N#Cn1ccc2c1C(=O)C=CC2=O. The van der Waals surface area contributed by atoms with Crippen molar-refractivity contribution in [2.75, 3.05) is 0 Å². The highest BCUT2D eigenvalue weighted by Gasteiger charge is 2.22. The van der Waals surface area contributed by atoms with Gasteiger partial charge in [0, 0.05) is 6.20 Å². The molecule has 4 heteroatoms. The molecule has 0 fully saturated rings. The molecule has 0 aromatic carbocycles. The Morgan fingerprint density at radius 1 is 1.23 bits per heavy atom. The molecule has 0 spiro atoms. The van der Waals surface area contributed by atoms with Crippen LogP contribution in [0.25, 0.3) is 0 Å². The smallest absolute Gasteiger partial charge is 0.204 e. The van der Waals surface area contributed by atoms with E-state index in [2.05, 4.69) is 0 Å². The van der Waals surface area contributed by atoms with E-state index in [1.54, 1.807) is 6.19 Å². The molecule has 0 atom stereocenters. The third-order valence-corrected chi connectivity index (χ3v) is 1.88. The summed E-state index contributed by atoms with van der Waals surface area (Å²) in [5.41, 5.74) is 0.462. The number of rotatable bonds is 0. The average molecular weight is 172 g/mol. The van der Waals surface area contributed by atoms with Crippen molar-refractivity contribution >= 4 is 11.6 Å². The minimum atomic E-state index is -0.304. The molecular formula is C9H4N2O2.